The van der Waals surface area contributed by atoms with E-state index in [0.29, 0.717) is 38.9 Å². The van der Waals surface area contributed by atoms with E-state index in [1.165, 1.54) is 11.8 Å². The Morgan fingerprint density at radius 1 is 1.38 bits per heavy atom. The van der Waals surface area contributed by atoms with Crippen LogP contribution >= 0.6 is 23.1 Å². The number of hydrogen-bond donors (Lipinski definition) is 1. The normalized spacial score (nSPS) is 21.0. The summed E-state index contributed by atoms with van der Waals surface area (Å²) in [7, 11) is 0. The number of hydrogen-bond acceptors (Lipinski definition) is 5. The largest absolute Gasteiger partial charge is 0.433 e. The number of nitrogens with zero attached hydrogens (tertiary/aromatic N) is 3. The van der Waals surface area contributed by atoms with Gasteiger partial charge in [0.2, 0.25) is 5.91 Å². The number of halogens is 3. The molecule has 2 aliphatic heterocycles. The number of aliphatic imine (C=N–C) groups is 2. The van der Waals surface area contributed by atoms with Gasteiger partial charge < -0.3 is 5.32 Å². The van der Waals surface area contributed by atoms with Gasteiger partial charge in [0.05, 0.1) is 16.3 Å². The number of thiophene rings is 1. The first kappa shape index (κ1) is 17.5. The summed E-state index contributed by atoms with van der Waals surface area (Å²) in [4.78, 5) is 26.0. The number of aromatic nitrogens is 1. The highest BCUT2D eigenvalue weighted by atomic mass is 32.2. The number of nitrogens with one attached hydrogen (secondary N) is 1. The van der Waals surface area contributed by atoms with Gasteiger partial charge in [-0.3, -0.25) is 9.79 Å². The number of rotatable bonds is 2. The van der Waals surface area contributed by atoms with Gasteiger partial charge in [0.25, 0.3) is 0 Å². The number of amides is 1. The van der Waals surface area contributed by atoms with Gasteiger partial charge in [0.1, 0.15) is 15.8 Å². The summed E-state index contributed by atoms with van der Waals surface area (Å²) in [6.07, 6.45) is -3.65. The zero-order valence-corrected chi connectivity index (χ0v) is 15.4. The molecule has 0 radical (unpaired) electrons. The van der Waals surface area contributed by atoms with E-state index in [4.69, 9.17) is 0 Å². The smallest absolute Gasteiger partial charge is 0.323 e. The van der Waals surface area contributed by atoms with Gasteiger partial charge in [-0.1, -0.05) is 18.7 Å². The van der Waals surface area contributed by atoms with E-state index in [9.17, 15) is 18.0 Å². The van der Waals surface area contributed by atoms with E-state index in [1.54, 1.807) is 6.92 Å². The van der Waals surface area contributed by atoms with Crippen LogP contribution in [0, 0.1) is 6.92 Å². The first-order valence-corrected chi connectivity index (χ1v) is 9.61. The Kier molecular flexibility index (Phi) is 4.07. The molecule has 2 aromatic heterocycles. The summed E-state index contributed by atoms with van der Waals surface area (Å²) in [5, 5.41) is 3.38. The van der Waals surface area contributed by atoms with Crippen LogP contribution < -0.4 is 5.32 Å². The van der Waals surface area contributed by atoms with Crippen LogP contribution in [-0.2, 0) is 11.0 Å². The van der Waals surface area contributed by atoms with Crippen molar-refractivity contribution < 1.29 is 18.0 Å². The van der Waals surface area contributed by atoms with E-state index in [1.807, 2.05) is 6.92 Å². The lowest BCUT2D eigenvalue weighted by atomic mass is 10.0. The molecule has 1 unspecified atom stereocenters. The molecule has 1 atom stereocenters. The standard InChI is InChI=1S/C16H13F3N4OS2/c1-3-4-20-15-23-10-11-9(22-13(24)12(10)26-15)8-6(2)5-7(16(17,18)19)21-14(8)25-11/h5,12H,3-4H2,1-2H3,(H,22,24). The van der Waals surface area contributed by atoms with Crippen molar-refractivity contribution in [3.8, 4) is 0 Å². The average Bonchev–Trinajstić information content (AvgIpc) is 3.14. The highest BCUT2D eigenvalue weighted by Gasteiger charge is 2.41. The van der Waals surface area contributed by atoms with Crippen LogP contribution in [0.3, 0.4) is 0 Å². The van der Waals surface area contributed by atoms with E-state index in [2.05, 4.69) is 20.3 Å². The SMILES string of the molecule is CCCN=C1N=C2c3sc4nc(C(F)(F)F)cc(C)c4c3NC(=O)C2S1. The van der Waals surface area contributed by atoms with Crippen molar-refractivity contribution in [2.24, 2.45) is 9.98 Å². The monoisotopic (exact) mass is 398 g/mol. The van der Waals surface area contributed by atoms with Crippen molar-refractivity contribution in [2.75, 3.05) is 11.9 Å². The number of alkyl halides is 3. The summed E-state index contributed by atoms with van der Waals surface area (Å²) in [6.45, 7) is 4.19. The molecule has 0 saturated heterocycles. The van der Waals surface area contributed by atoms with Crippen LogP contribution in [0.5, 0.6) is 0 Å². The Hall–Kier alpha value is -1.94. The predicted molar refractivity (Wildman–Crippen MR) is 98.5 cm³/mol. The maximum atomic E-state index is 13.1. The molecule has 0 bridgehead atoms. The van der Waals surface area contributed by atoms with Crippen LogP contribution in [0.25, 0.3) is 10.2 Å². The Morgan fingerprint density at radius 2 is 2.15 bits per heavy atom. The number of anilines is 1. The van der Waals surface area contributed by atoms with Crippen molar-refractivity contribution in [2.45, 2.75) is 31.7 Å². The van der Waals surface area contributed by atoms with E-state index < -0.39 is 17.1 Å². The third-order valence-corrected chi connectivity index (χ3v) is 6.24. The summed E-state index contributed by atoms with van der Waals surface area (Å²) in [5.41, 5.74) is 0.544. The van der Waals surface area contributed by atoms with E-state index in [0.717, 1.165) is 23.8 Å². The number of aryl methyl sites for hydroxylation is 1. The molecule has 136 valence electrons. The first-order valence-electron chi connectivity index (χ1n) is 7.92. The number of fused-ring (bicyclic) bond motifs is 5. The molecule has 0 aromatic carbocycles. The lowest BCUT2D eigenvalue weighted by Gasteiger charge is -2.19. The van der Waals surface area contributed by atoms with Crippen LogP contribution in [-0.4, -0.2) is 33.6 Å². The third-order valence-electron chi connectivity index (χ3n) is 4.03. The fourth-order valence-electron chi connectivity index (χ4n) is 2.89. The minimum Gasteiger partial charge on any atom is -0.323 e. The molecular formula is C16H13F3N4OS2. The molecule has 0 aliphatic carbocycles. The summed E-state index contributed by atoms with van der Waals surface area (Å²) in [5.74, 6) is -0.234. The van der Waals surface area contributed by atoms with Crippen molar-refractivity contribution in [1.82, 2.24) is 4.98 Å². The Labute approximate surface area is 154 Å². The maximum Gasteiger partial charge on any atom is 0.433 e. The number of pyridine rings is 1. The Balaban J connectivity index is 1.90. The van der Waals surface area contributed by atoms with Gasteiger partial charge in [-0.25, -0.2) is 9.98 Å². The third kappa shape index (κ3) is 2.71. The topological polar surface area (TPSA) is 66.7 Å². The number of thioether (sulfide) groups is 1. The molecule has 1 amide bonds. The molecule has 10 heteroatoms. The van der Waals surface area contributed by atoms with E-state index in [-0.39, 0.29) is 10.7 Å². The van der Waals surface area contributed by atoms with E-state index >= 15 is 0 Å². The van der Waals surface area contributed by atoms with Gasteiger partial charge >= 0.3 is 6.18 Å². The fourth-order valence-corrected chi connectivity index (χ4v) is 5.17. The lowest BCUT2D eigenvalue weighted by Crippen LogP contribution is -2.35. The molecule has 2 aliphatic rings. The number of amidine groups is 1. The molecule has 1 N–H and O–H groups in total. The maximum absolute atomic E-state index is 13.1. The van der Waals surface area contributed by atoms with Crippen molar-refractivity contribution in [1.29, 1.82) is 0 Å². The zero-order chi connectivity index (χ0) is 18.6. The van der Waals surface area contributed by atoms with Crippen LogP contribution in [0.15, 0.2) is 16.1 Å². The van der Waals surface area contributed by atoms with Gasteiger partial charge in [-0.05, 0) is 25.0 Å². The predicted octanol–water partition coefficient (Wildman–Crippen LogP) is 4.25. The highest BCUT2D eigenvalue weighted by Crippen LogP contribution is 2.45. The van der Waals surface area contributed by atoms with Gasteiger partial charge in [-0.15, -0.1) is 11.3 Å². The van der Waals surface area contributed by atoms with Gasteiger partial charge in [0.15, 0.2) is 5.17 Å². The lowest BCUT2D eigenvalue weighted by molar-refractivity contribution is -0.141. The molecule has 2 aromatic rings. The quantitative estimate of drug-likeness (QED) is 0.823. The molecule has 26 heavy (non-hydrogen) atoms. The molecule has 0 fully saturated rings. The second kappa shape index (κ2) is 6.05. The minimum atomic E-state index is -4.52. The molecule has 4 heterocycles. The first-order chi connectivity index (χ1) is 12.3. The average molecular weight is 398 g/mol. The second-order valence-corrected chi connectivity index (χ2v) is 8.03. The van der Waals surface area contributed by atoms with Crippen molar-refractivity contribution >= 4 is 55.8 Å². The van der Waals surface area contributed by atoms with Crippen LogP contribution in [0.2, 0.25) is 0 Å². The second-order valence-electron chi connectivity index (χ2n) is 5.96. The Morgan fingerprint density at radius 3 is 2.85 bits per heavy atom. The minimum absolute atomic E-state index is 0.234. The van der Waals surface area contributed by atoms with Crippen molar-refractivity contribution in [3.05, 3.63) is 22.2 Å². The summed E-state index contributed by atoms with van der Waals surface area (Å²) < 4.78 is 39.2. The summed E-state index contributed by atoms with van der Waals surface area (Å²) >= 11 is 2.39. The molecular weight excluding hydrogens is 385 g/mol. The van der Waals surface area contributed by atoms with Crippen LogP contribution in [0.4, 0.5) is 18.9 Å². The van der Waals surface area contributed by atoms with Crippen molar-refractivity contribution in [3.63, 3.8) is 0 Å². The molecule has 5 nitrogen and oxygen atoms in total. The van der Waals surface area contributed by atoms with Crippen LogP contribution in [0.1, 0.15) is 29.5 Å². The zero-order valence-electron chi connectivity index (χ0n) is 13.8. The van der Waals surface area contributed by atoms with Gasteiger partial charge in [-0.2, -0.15) is 13.2 Å². The fraction of sp³-hybridized carbons (Fsp3) is 0.375. The Bertz CT molecular complexity index is 994. The summed E-state index contributed by atoms with van der Waals surface area (Å²) in [6, 6.07) is 1.01. The van der Waals surface area contributed by atoms with Gasteiger partial charge in [0, 0.05) is 11.9 Å². The molecule has 0 saturated carbocycles. The molecule has 0 spiro atoms. The highest BCUT2D eigenvalue weighted by molar-refractivity contribution is 8.16. The molecule has 4 rings (SSSR count). The number of carbonyl (C=O) groups excluding carboxylic acids is 1. The number of carbonyl (C=O) groups is 1.